The van der Waals surface area contributed by atoms with Crippen LogP contribution in [-0.2, 0) is 19.6 Å². The molecule has 1 atom stereocenters. The molecule has 1 heterocycles. The van der Waals surface area contributed by atoms with E-state index in [2.05, 4.69) is 5.32 Å². The van der Waals surface area contributed by atoms with Crippen molar-refractivity contribution in [2.45, 2.75) is 37.1 Å². The van der Waals surface area contributed by atoms with E-state index in [1.807, 2.05) is 19.1 Å². The summed E-state index contributed by atoms with van der Waals surface area (Å²) >= 11 is 5.95. The Hall–Kier alpha value is -2.42. The summed E-state index contributed by atoms with van der Waals surface area (Å²) < 4.78 is 32.3. The molecule has 0 aliphatic carbocycles. The van der Waals surface area contributed by atoms with Crippen molar-refractivity contribution in [2.75, 3.05) is 20.2 Å². The summed E-state index contributed by atoms with van der Waals surface area (Å²) in [4.78, 5) is 24.8. The van der Waals surface area contributed by atoms with Crippen molar-refractivity contribution in [1.29, 1.82) is 0 Å². The summed E-state index contributed by atoms with van der Waals surface area (Å²) in [5, 5.41) is 3.71. The minimum atomic E-state index is -3.88. The lowest BCUT2D eigenvalue weighted by Gasteiger charge is -2.31. The van der Waals surface area contributed by atoms with E-state index in [9.17, 15) is 18.0 Å². The number of methoxy groups -OCH3 is 1. The molecule has 172 valence electrons. The van der Waals surface area contributed by atoms with Gasteiger partial charge in [0.05, 0.1) is 23.6 Å². The first-order valence-electron chi connectivity index (χ1n) is 10.5. The number of benzene rings is 2. The molecular weight excluding hydrogens is 452 g/mol. The third kappa shape index (κ3) is 5.31. The summed E-state index contributed by atoms with van der Waals surface area (Å²) in [5.74, 6) is -1.07. The maximum atomic E-state index is 13.1. The fourth-order valence-electron chi connectivity index (χ4n) is 3.87. The second kappa shape index (κ2) is 10.5. The van der Waals surface area contributed by atoms with Crippen molar-refractivity contribution in [2.24, 2.45) is 5.92 Å². The number of carbonyl (C=O) groups is 2. The predicted octanol–water partition coefficient (Wildman–Crippen LogP) is 3.79. The van der Waals surface area contributed by atoms with Crippen molar-refractivity contribution < 1.29 is 22.7 Å². The first-order chi connectivity index (χ1) is 15.3. The number of sulfonamides is 1. The number of nitrogens with zero attached hydrogens (tertiary/aromatic N) is 1. The predicted molar refractivity (Wildman–Crippen MR) is 122 cm³/mol. The number of hydrogen-bond donors (Lipinski definition) is 1. The third-order valence-electron chi connectivity index (χ3n) is 5.73. The number of piperidine rings is 1. The topological polar surface area (TPSA) is 92.8 Å². The monoisotopic (exact) mass is 478 g/mol. The average Bonchev–Trinajstić information content (AvgIpc) is 2.82. The van der Waals surface area contributed by atoms with Crippen LogP contribution in [0.4, 0.5) is 0 Å². The Bertz CT molecular complexity index is 1060. The smallest absolute Gasteiger partial charge is 0.339 e. The molecule has 32 heavy (non-hydrogen) atoms. The van der Waals surface area contributed by atoms with Gasteiger partial charge in [-0.15, -0.1) is 0 Å². The van der Waals surface area contributed by atoms with Gasteiger partial charge in [-0.25, -0.2) is 13.2 Å². The number of amides is 1. The molecule has 0 saturated carbocycles. The minimum absolute atomic E-state index is 0.00335. The molecule has 1 amide bonds. The highest BCUT2D eigenvalue weighted by Gasteiger charge is 2.34. The second-order valence-corrected chi connectivity index (χ2v) is 10.0. The van der Waals surface area contributed by atoms with Gasteiger partial charge in [0, 0.05) is 24.0 Å². The van der Waals surface area contributed by atoms with E-state index >= 15 is 0 Å². The Morgan fingerprint density at radius 1 is 1.12 bits per heavy atom. The number of hydrogen-bond acceptors (Lipinski definition) is 5. The fourth-order valence-corrected chi connectivity index (χ4v) is 5.65. The molecule has 1 fully saturated rings. The lowest BCUT2D eigenvalue weighted by molar-refractivity contribution is -0.126. The normalized spacial score (nSPS) is 16.3. The zero-order valence-corrected chi connectivity index (χ0v) is 19.7. The Balaban J connectivity index is 1.66. The van der Waals surface area contributed by atoms with Gasteiger partial charge in [0.15, 0.2) is 0 Å². The number of carbonyl (C=O) groups excluding carboxylic acids is 2. The lowest BCUT2D eigenvalue weighted by Crippen LogP contribution is -2.43. The largest absolute Gasteiger partial charge is 0.465 e. The number of rotatable bonds is 7. The molecule has 0 spiro atoms. The molecule has 0 radical (unpaired) electrons. The van der Waals surface area contributed by atoms with Gasteiger partial charge in [-0.1, -0.05) is 42.8 Å². The second-order valence-electron chi connectivity index (χ2n) is 7.69. The number of nitrogens with one attached hydrogen (secondary N) is 1. The van der Waals surface area contributed by atoms with Gasteiger partial charge < -0.3 is 10.1 Å². The van der Waals surface area contributed by atoms with Crippen LogP contribution in [0.1, 0.15) is 48.1 Å². The van der Waals surface area contributed by atoms with E-state index in [1.54, 1.807) is 24.3 Å². The molecule has 9 heteroatoms. The van der Waals surface area contributed by atoms with E-state index < -0.39 is 16.0 Å². The van der Waals surface area contributed by atoms with Crippen LogP contribution in [0, 0.1) is 5.92 Å². The van der Waals surface area contributed by atoms with Gasteiger partial charge in [0.2, 0.25) is 15.9 Å². The van der Waals surface area contributed by atoms with Crippen LogP contribution in [0.15, 0.2) is 53.4 Å². The minimum Gasteiger partial charge on any atom is -0.465 e. The molecule has 1 N–H and O–H groups in total. The van der Waals surface area contributed by atoms with Crippen LogP contribution in [0.5, 0.6) is 0 Å². The summed E-state index contributed by atoms with van der Waals surface area (Å²) in [6.45, 7) is 2.40. The quantitative estimate of drug-likeness (QED) is 0.611. The lowest BCUT2D eigenvalue weighted by atomic mass is 9.96. The van der Waals surface area contributed by atoms with Crippen LogP contribution in [0.2, 0.25) is 5.02 Å². The zero-order valence-electron chi connectivity index (χ0n) is 18.1. The highest BCUT2D eigenvalue weighted by atomic mass is 35.5. The van der Waals surface area contributed by atoms with E-state index in [4.69, 9.17) is 16.3 Å². The summed E-state index contributed by atoms with van der Waals surface area (Å²) in [7, 11) is -2.67. The molecule has 3 rings (SSSR count). The van der Waals surface area contributed by atoms with E-state index in [0.717, 1.165) is 12.0 Å². The summed E-state index contributed by atoms with van der Waals surface area (Å²) in [6, 6.07) is 13.2. The standard InChI is InChI=1S/C23H27ClN2O5S/c1-3-20(16-8-10-18(24)11-9-16)25-22(27)17-12-14-26(15-13-17)32(29,30)21-7-5-4-6-19(21)23(28)31-2/h4-11,17,20H,3,12-15H2,1-2H3,(H,25,27). The molecule has 1 unspecified atom stereocenters. The third-order valence-corrected chi connectivity index (χ3v) is 7.94. The Morgan fingerprint density at radius 3 is 2.34 bits per heavy atom. The van der Waals surface area contributed by atoms with E-state index in [0.29, 0.717) is 17.9 Å². The van der Waals surface area contributed by atoms with Crippen LogP contribution in [0.3, 0.4) is 0 Å². The highest BCUT2D eigenvalue weighted by Crippen LogP contribution is 2.27. The van der Waals surface area contributed by atoms with Gasteiger partial charge in [0.1, 0.15) is 0 Å². The number of ether oxygens (including phenoxy) is 1. The van der Waals surface area contributed by atoms with Gasteiger partial charge in [-0.2, -0.15) is 4.31 Å². The Kier molecular flexibility index (Phi) is 7.92. The maximum Gasteiger partial charge on any atom is 0.339 e. The molecule has 1 saturated heterocycles. The van der Waals surface area contributed by atoms with Crippen molar-refractivity contribution >= 4 is 33.5 Å². The van der Waals surface area contributed by atoms with Gasteiger partial charge in [-0.3, -0.25) is 4.79 Å². The number of esters is 1. The molecule has 1 aliphatic rings. The fraction of sp³-hybridized carbons (Fsp3) is 0.391. The Morgan fingerprint density at radius 2 is 1.75 bits per heavy atom. The zero-order chi connectivity index (χ0) is 23.3. The molecule has 0 aromatic heterocycles. The maximum absolute atomic E-state index is 13.1. The van der Waals surface area contributed by atoms with Crippen LogP contribution >= 0.6 is 11.6 Å². The first-order valence-corrected chi connectivity index (χ1v) is 12.3. The average molecular weight is 479 g/mol. The van der Waals surface area contributed by atoms with E-state index in [-0.39, 0.29) is 41.4 Å². The Labute approximate surface area is 193 Å². The van der Waals surface area contributed by atoms with E-state index in [1.165, 1.54) is 23.5 Å². The van der Waals surface area contributed by atoms with Crippen molar-refractivity contribution in [3.05, 3.63) is 64.7 Å². The SMILES string of the molecule is CCC(NC(=O)C1CCN(S(=O)(=O)c2ccccc2C(=O)OC)CC1)c1ccc(Cl)cc1. The number of halogens is 1. The molecule has 7 nitrogen and oxygen atoms in total. The summed E-state index contributed by atoms with van der Waals surface area (Å²) in [5.41, 5.74) is 0.980. The molecule has 2 aromatic rings. The molecule has 1 aliphatic heterocycles. The summed E-state index contributed by atoms with van der Waals surface area (Å²) in [6.07, 6.45) is 1.54. The molecule has 2 aromatic carbocycles. The van der Waals surface area contributed by atoms with Crippen molar-refractivity contribution in [3.63, 3.8) is 0 Å². The molecular formula is C23H27ClN2O5S. The van der Waals surface area contributed by atoms with Crippen molar-refractivity contribution in [1.82, 2.24) is 9.62 Å². The highest BCUT2D eigenvalue weighted by molar-refractivity contribution is 7.89. The van der Waals surface area contributed by atoms with Gasteiger partial charge in [-0.05, 0) is 49.1 Å². The van der Waals surface area contributed by atoms with Gasteiger partial charge >= 0.3 is 5.97 Å². The van der Waals surface area contributed by atoms with Gasteiger partial charge in [0.25, 0.3) is 0 Å². The first kappa shape index (κ1) is 24.2. The van der Waals surface area contributed by atoms with Crippen molar-refractivity contribution in [3.8, 4) is 0 Å². The molecule has 0 bridgehead atoms. The van der Waals surface area contributed by atoms with Crippen LogP contribution in [0.25, 0.3) is 0 Å². The van der Waals surface area contributed by atoms with Crippen LogP contribution < -0.4 is 5.32 Å². The van der Waals surface area contributed by atoms with Crippen LogP contribution in [-0.4, -0.2) is 44.8 Å².